The normalized spacial score (nSPS) is 16.3. The smallest absolute Gasteiger partial charge is 0.348 e. The quantitative estimate of drug-likeness (QED) is 0.671. The minimum Gasteiger partial charge on any atom is -0.462 e. The van der Waals surface area contributed by atoms with Crippen LogP contribution in [0.3, 0.4) is 0 Å². The van der Waals surface area contributed by atoms with E-state index in [9.17, 15) is 9.59 Å². The molecule has 0 spiro atoms. The van der Waals surface area contributed by atoms with E-state index in [-0.39, 0.29) is 17.8 Å². The van der Waals surface area contributed by atoms with Crippen LogP contribution >= 0.6 is 11.3 Å². The molecule has 0 aromatic carbocycles. The molecule has 0 aliphatic heterocycles. The van der Waals surface area contributed by atoms with Crippen molar-refractivity contribution in [1.29, 1.82) is 0 Å². The summed E-state index contributed by atoms with van der Waals surface area (Å²) < 4.78 is 5.02. The molecular formula is C16H23NO3S. The lowest BCUT2D eigenvalue weighted by Gasteiger charge is -2.12. The zero-order valence-electron chi connectivity index (χ0n) is 12.7. The number of thiophene rings is 1. The van der Waals surface area contributed by atoms with Crippen molar-refractivity contribution in [2.24, 2.45) is 5.92 Å². The van der Waals surface area contributed by atoms with E-state index in [4.69, 9.17) is 4.74 Å². The van der Waals surface area contributed by atoms with E-state index in [0.717, 1.165) is 36.2 Å². The second-order valence-corrected chi connectivity index (χ2v) is 6.57. The maximum Gasteiger partial charge on any atom is 0.348 e. The number of anilines is 1. The molecule has 0 saturated heterocycles. The van der Waals surface area contributed by atoms with Gasteiger partial charge in [-0.25, -0.2) is 4.79 Å². The Morgan fingerprint density at radius 1 is 1.29 bits per heavy atom. The molecule has 1 saturated carbocycles. The average Bonchev–Trinajstić information content (AvgIpc) is 2.67. The fraction of sp³-hybridized carbons (Fsp3) is 0.625. The summed E-state index contributed by atoms with van der Waals surface area (Å²) >= 11 is 1.30. The van der Waals surface area contributed by atoms with Gasteiger partial charge in [-0.15, -0.1) is 11.3 Å². The van der Waals surface area contributed by atoms with Crippen LogP contribution in [0.15, 0.2) is 6.07 Å². The summed E-state index contributed by atoms with van der Waals surface area (Å²) in [7, 11) is 0. The molecule has 1 aromatic rings. The van der Waals surface area contributed by atoms with E-state index >= 15 is 0 Å². The Morgan fingerprint density at radius 2 is 1.95 bits per heavy atom. The number of nitrogens with one attached hydrogen (secondary N) is 1. The van der Waals surface area contributed by atoms with Gasteiger partial charge >= 0.3 is 5.97 Å². The van der Waals surface area contributed by atoms with Crippen LogP contribution in [0.1, 0.15) is 60.7 Å². The van der Waals surface area contributed by atoms with Crippen LogP contribution in [0, 0.1) is 12.8 Å². The van der Waals surface area contributed by atoms with Crippen molar-refractivity contribution in [3.8, 4) is 0 Å². The molecular weight excluding hydrogens is 286 g/mol. The minimum absolute atomic E-state index is 0.0913. The Balaban J connectivity index is 2.00. The van der Waals surface area contributed by atoms with Gasteiger partial charge in [0.2, 0.25) is 5.91 Å². The largest absolute Gasteiger partial charge is 0.462 e. The summed E-state index contributed by atoms with van der Waals surface area (Å²) in [6, 6.07) is 1.85. The van der Waals surface area contributed by atoms with Crippen molar-refractivity contribution in [3.63, 3.8) is 0 Å². The number of esters is 1. The maximum atomic E-state index is 12.3. The fourth-order valence-corrected chi connectivity index (χ4v) is 3.68. The molecule has 1 heterocycles. The van der Waals surface area contributed by atoms with E-state index in [1.54, 1.807) is 6.92 Å². The molecule has 0 unspecified atom stereocenters. The van der Waals surface area contributed by atoms with Crippen molar-refractivity contribution >= 4 is 28.2 Å². The van der Waals surface area contributed by atoms with E-state index < -0.39 is 0 Å². The molecule has 1 amide bonds. The van der Waals surface area contributed by atoms with Crippen LogP contribution in [0.25, 0.3) is 0 Å². The summed E-state index contributed by atoms with van der Waals surface area (Å²) in [5, 5.41) is 3.71. The molecule has 21 heavy (non-hydrogen) atoms. The van der Waals surface area contributed by atoms with Crippen molar-refractivity contribution < 1.29 is 14.3 Å². The van der Waals surface area contributed by atoms with Gasteiger partial charge in [0.05, 0.1) is 11.6 Å². The van der Waals surface area contributed by atoms with Crippen LogP contribution in [-0.2, 0) is 9.53 Å². The van der Waals surface area contributed by atoms with Crippen LogP contribution in [0.4, 0.5) is 5.00 Å². The Kier molecular flexibility index (Phi) is 5.79. The van der Waals surface area contributed by atoms with E-state index in [2.05, 4.69) is 5.32 Å². The van der Waals surface area contributed by atoms with Gasteiger partial charge in [0.15, 0.2) is 0 Å². The Labute approximate surface area is 129 Å². The predicted molar refractivity (Wildman–Crippen MR) is 84.8 cm³/mol. The van der Waals surface area contributed by atoms with Gasteiger partial charge in [-0.1, -0.05) is 25.7 Å². The minimum atomic E-state index is -0.310. The Morgan fingerprint density at radius 3 is 2.57 bits per heavy atom. The van der Waals surface area contributed by atoms with Gasteiger partial charge in [0.1, 0.15) is 4.88 Å². The Hall–Kier alpha value is -1.36. The fourth-order valence-electron chi connectivity index (χ4n) is 2.71. The zero-order chi connectivity index (χ0) is 15.2. The van der Waals surface area contributed by atoms with Gasteiger partial charge in [-0.2, -0.15) is 0 Å². The molecule has 0 radical (unpaired) electrons. The number of hydrogen-bond donors (Lipinski definition) is 1. The average molecular weight is 309 g/mol. The van der Waals surface area contributed by atoms with Crippen molar-refractivity contribution in [2.45, 2.75) is 52.4 Å². The van der Waals surface area contributed by atoms with Gasteiger partial charge < -0.3 is 10.1 Å². The van der Waals surface area contributed by atoms with Crippen LogP contribution < -0.4 is 5.32 Å². The van der Waals surface area contributed by atoms with Gasteiger partial charge in [0.25, 0.3) is 0 Å². The molecule has 116 valence electrons. The molecule has 0 atom stereocenters. The molecule has 1 aliphatic carbocycles. The highest BCUT2D eigenvalue weighted by atomic mass is 32.1. The summed E-state index contributed by atoms with van der Waals surface area (Å²) in [5.41, 5.74) is 0.856. The highest BCUT2D eigenvalue weighted by Gasteiger charge is 2.22. The number of carbonyl (C=O) groups excluding carboxylic acids is 2. The highest BCUT2D eigenvalue weighted by Crippen LogP contribution is 2.29. The standard InChI is InChI=1S/C16H23NO3S/c1-3-20-16(19)14-11(2)10-13(21-14)17-15(18)12-8-6-4-5-7-9-12/h10,12H,3-9H2,1-2H3,(H,17,18). The monoisotopic (exact) mass is 309 g/mol. The second-order valence-electron chi connectivity index (χ2n) is 5.52. The Bertz CT molecular complexity index is 502. The molecule has 2 rings (SSSR count). The van der Waals surface area contributed by atoms with Gasteiger partial charge in [-0.3, -0.25) is 4.79 Å². The molecule has 1 N–H and O–H groups in total. The maximum absolute atomic E-state index is 12.3. The first-order valence-corrected chi connectivity index (χ1v) is 8.52. The summed E-state index contributed by atoms with van der Waals surface area (Å²) in [6.45, 7) is 4.01. The highest BCUT2D eigenvalue weighted by molar-refractivity contribution is 7.18. The number of hydrogen-bond acceptors (Lipinski definition) is 4. The molecule has 1 aromatic heterocycles. The third kappa shape index (κ3) is 4.30. The summed E-state index contributed by atoms with van der Waals surface area (Å²) in [5.74, 6) is -0.107. The third-order valence-electron chi connectivity index (χ3n) is 3.85. The molecule has 0 bridgehead atoms. The van der Waals surface area contributed by atoms with Crippen molar-refractivity contribution in [1.82, 2.24) is 0 Å². The number of aryl methyl sites for hydroxylation is 1. The third-order valence-corrected chi connectivity index (χ3v) is 4.98. The van der Waals surface area contributed by atoms with Crippen molar-refractivity contribution in [3.05, 3.63) is 16.5 Å². The van der Waals surface area contributed by atoms with E-state index in [0.29, 0.717) is 11.5 Å². The van der Waals surface area contributed by atoms with E-state index in [1.807, 2.05) is 13.0 Å². The van der Waals surface area contributed by atoms with Crippen LogP contribution in [-0.4, -0.2) is 18.5 Å². The lowest BCUT2D eigenvalue weighted by Crippen LogP contribution is -2.21. The number of rotatable bonds is 4. The van der Waals surface area contributed by atoms with Crippen LogP contribution in [0.2, 0.25) is 0 Å². The summed E-state index contributed by atoms with van der Waals surface area (Å²) in [4.78, 5) is 24.7. The van der Waals surface area contributed by atoms with Crippen LogP contribution in [0.5, 0.6) is 0 Å². The summed E-state index contributed by atoms with van der Waals surface area (Å²) in [6.07, 6.45) is 6.68. The molecule has 4 nitrogen and oxygen atoms in total. The number of carbonyl (C=O) groups is 2. The topological polar surface area (TPSA) is 55.4 Å². The number of ether oxygens (including phenoxy) is 1. The zero-order valence-corrected chi connectivity index (χ0v) is 13.6. The number of amides is 1. The molecule has 5 heteroatoms. The first-order chi connectivity index (χ1) is 10.1. The van der Waals surface area contributed by atoms with Gasteiger partial charge in [-0.05, 0) is 38.3 Å². The SMILES string of the molecule is CCOC(=O)c1sc(NC(=O)C2CCCCCC2)cc1C. The van der Waals surface area contributed by atoms with E-state index in [1.165, 1.54) is 24.2 Å². The first kappa shape index (κ1) is 16.0. The first-order valence-electron chi connectivity index (χ1n) is 7.70. The second kappa shape index (κ2) is 7.59. The van der Waals surface area contributed by atoms with Gasteiger partial charge in [0, 0.05) is 5.92 Å². The lowest BCUT2D eigenvalue weighted by atomic mass is 10.00. The predicted octanol–water partition coefficient (Wildman–Crippen LogP) is 4.14. The molecule has 1 aliphatic rings. The van der Waals surface area contributed by atoms with Crippen molar-refractivity contribution in [2.75, 3.05) is 11.9 Å². The lowest BCUT2D eigenvalue weighted by molar-refractivity contribution is -0.120. The molecule has 1 fully saturated rings.